The van der Waals surface area contributed by atoms with E-state index in [2.05, 4.69) is 9.97 Å². The Morgan fingerprint density at radius 3 is 2.62 bits per heavy atom. The van der Waals surface area contributed by atoms with Crippen molar-refractivity contribution in [1.82, 2.24) is 14.9 Å². The first-order valence-electron chi connectivity index (χ1n) is 9.74. The lowest BCUT2D eigenvalue weighted by Crippen LogP contribution is -2.38. The molecule has 0 aromatic carbocycles. The highest BCUT2D eigenvalue weighted by Gasteiger charge is 2.30. The minimum absolute atomic E-state index is 0.0518. The monoisotopic (exact) mass is 417 g/mol. The minimum Gasteiger partial charge on any atom is -0.477 e. The van der Waals surface area contributed by atoms with Crippen molar-refractivity contribution in [3.8, 4) is 5.88 Å². The Kier molecular flexibility index (Phi) is 7.04. The summed E-state index contributed by atoms with van der Waals surface area (Å²) in [5.41, 5.74) is 1.54. The highest BCUT2D eigenvalue weighted by molar-refractivity contribution is 6.30. The fraction of sp³-hybridized carbons (Fsp3) is 0.429. The second kappa shape index (κ2) is 9.69. The Hall–Kier alpha value is -2.67. The highest BCUT2D eigenvalue weighted by atomic mass is 35.5. The van der Waals surface area contributed by atoms with E-state index in [1.807, 2.05) is 6.92 Å². The Morgan fingerprint density at radius 1 is 1.17 bits per heavy atom. The number of likely N-dealkylation sites (tertiary alicyclic amines) is 1. The first-order valence-corrected chi connectivity index (χ1v) is 10.1. The van der Waals surface area contributed by atoms with Crippen molar-refractivity contribution >= 4 is 23.5 Å². The van der Waals surface area contributed by atoms with Gasteiger partial charge in [0.1, 0.15) is 5.56 Å². The number of hydrogen-bond donors (Lipinski definition) is 0. The molecular weight excluding hydrogens is 394 g/mol. The average molecular weight is 418 g/mol. The molecule has 1 fully saturated rings. The third-order valence-electron chi connectivity index (χ3n) is 4.83. The van der Waals surface area contributed by atoms with Crippen LogP contribution in [0.4, 0.5) is 0 Å². The molecule has 0 N–H and O–H groups in total. The molecule has 1 aliphatic heterocycles. The zero-order valence-corrected chi connectivity index (χ0v) is 17.3. The maximum atomic E-state index is 12.9. The van der Waals surface area contributed by atoms with Crippen LogP contribution in [0.15, 0.2) is 30.6 Å². The van der Waals surface area contributed by atoms with Gasteiger partial charge in [-0.1, -0.05) is 11.6 Å². The van der Waals surface area contributed by atoms with Crippen LogP contribution < -0.4 is 4.74 Å². The van der Waals surface area contributed by atoms with Crippen LogP contribution in [0.5, 0.6) is 5.88 Å². The van der Waals surface area contributed by atoms with Gasteiger partial charge in [0.2, 0.25) is 5.88 Å². The number of ether oxygens (including phenoxy) is 2. The van der Waals surface area contributed by atoms with E-state index < -0.39 is 5.97 Å². The number of carbonyl (C=O) groups is 2. The molecule has 2 aromatic heterocycles. The largest absolute Gasteiger partial charge is 0.477 e. The molecule has 1 saturated heterocycles. The van der Waals surface area contributed by atoms with Crippen LogP contribution in [0, 0.1) is 0 Å². The first kappa shape index (κ1) is 21.0. The van der Waals surface area contributed by atoms with Crippen LogP contribution in [0.1, 0.15) is 59.0 Å². The van der Waals surface area contributed by atoms with Gasteiger partial charge in [-0.05, 0) is 44.9 Å². The van der Waals surface area contributed by atoms with E-state index in [0.717, 1.165) is 0 Å². The van der Waals surface area contributed by atoms with E-state index in [0.29, 0.717) is 60.3 Å². The number of esters is 1. The van der Waals surface area contributed by atoms with E-state index in [1.54, 1.807) is 42.4 Å². The van der Waals surface area contributed by atoms with Crippen molar-refractivity contribution in [2.24, 2.45) is 0 Å². The van der Waals surface area contributed by atoms with E-state index >= 15 is 0 Å². The van der Waals surface area contributed by atoms with Gasteiger partial charge in [0.15, 0.2) is 0 Å². The topological polar surface area (TPSA) is 81.6 Å². The Bertz CT molecular complexity index is 882. The molecular formula is C21H24ClN3O4. The normalized spacial score (nSPS) is 14.5. The van der Waals surface area contributed by atoms with Crippen molar-refractivity contribution in [3.05, 3.63) is 52.4 Å². The summed E-state index contributed by atoms with van der Waals surface area (Å²) in [5, 5.41) is 0.393. The highest BCUT2D eigenvalue weighted by Crippen LogP contribution is 2.31. The first-order chi connectivity index (χ1) is 14.0. The zero-order valence-electron chi connectivity index (χ0n) is 16.6. The number of carbonyl (C=O) groups excluding carboxylic acids is 2. The summed E-state index contributed by atoms with van der Waals surface area (Å²) in [5.74, 6) is -0.121. The Balaban J connectivity index is 1.73. The van der Waals surface area contributed by atoms with Crippen molar-refractivity contribution in [2.75, 3.05) is 26.3 Å². The molecule has 0 bridgehead atoms. The van der Waals surface area contributed by atoms with Crippen molar-refractivity contribution in [1.29, 1.82) is 0 Å². The molecule has 0 saturated carbocycles. The number of nitrogens with zero attached hydrogens (tertiary/aromatic N) is 3. The van der Waals surface area contributed by atoms with Crippen LogP contribution in [-0.4, -0.2) is 53.0 Å². The summed E-state index contributed by atoms with van der Waals surface area (Å²) in [7, 11) is 0. The lowest BCUT2D eigenvalue weighted by molar-refractivity contribution is 0.0520. The van der Waals surface area contributed by atoms with Gasteiger partial charge in [-0.15, -0.1) is 0 Å². The molecule has 3 rings (SSSR count). The number of piperidine rings is 1. The molecule has 29 heavy (non-hydrogen) atoms. The van der Waals surface area contributed by atoms with E-state index in [-0.39, 0.29) is 18.4 Å². The Labute approximate surface area is 175 Å². The molecule has 2 aromatic rings. The number of hydrogen-bond acceptors (Lipinski definition) is 6. The summed E-state index contributed by atoms with van der Waals surface area (Å²) in [4.78, 5) is 35.6. The van der Waals surface area contributed by atoms with Crippen LogP contribution in [0.25, 0.3) is 0 Å². The molecule has 0 aliphatic carbocycles. The standard InChI is InChI=1S/C21H24ClN3O4/c1-3-28-19-16(6-5-9-23-19)20(26)25-10-7-14(8-11-25)18-17(21(27)29-4-2)12-15(22)13-24-18/h5-6,9,12-14H,3-4,7-8,10-11H2,1-2H3. The molecule has 0 atom stereocenters. The van der Waals surface area contributed by atoms with Gasteiger partial charge >= 0.3 is 5.97 Å². The lowest BCUT2D eigenvalue weighted by atomic mass is 9.90. The molecule has 7 nitrogen and oxygen atoms in total. The fourth-order valence-corrected chi connectivity index (χ4v) is 3.64. The van der Waals surface area contributed by atoms with E-state index in [4.69, 9.17) is 21.1 Å². The van der Waals surface area contributed by atoms with Crippen molar-refractivity contribution in [3.63, 3.8) is 0 Å². The number of halogens is 1. The lowest BCUT2D eigenvalue weighted by Gasteiger charge is -2.32. The average Bonchev–Trinajstić information content (AvgIpc) is 2.74. The quantitative estimate of drug-likeness (QED) is 0.666. The van der Waals surface area contributed by atoms with Gasteiger partial charge in [0, 0.05) is 31.4 Å². The molecule has 3 heterocycles. The smallest absolute Gasteiger partial charge is 0.340 e. The van der Waals surface area contributed by atoms with Crippen LogP contribution in [-0.2, 0) is 4.74 Å². The third kappa shape index (κ3) is 4.85. The van der Waals surface area contributed by atoms with Crippen LogP contribution in [0.3, 0.4) is 0 Å². The summed E-state index contributed by atoms with van der Waals surface area (Å²) in [6.07, 6.45) is 4.53. The van der Waals surface area contributed by atoms with Gasteiger partial charge in [-0.2, -0.15) is 0 Å². The van der Waals surface area contributed by atoms with Crippen LogP contribution >= 0.6 is 11.6 Å². The predicted octanol–water partition coefficient (Wildman–Crippen LogP) is 3.73. The van der Waals surface area contributed by atoms with E-state index in [1.165, 1.54) is 0 Å². The predicted molar refractivity (Wildman–Crippen MR) is 108 cm³/mol. The molecule has 154 valence electrons. The summed E-state index contributed by atoms with van der Waals surface area (Å²) in [6, 6.07) is 5.06. The molecule has 1 aliphatic rings. The minimum atomic E-state index is -0.423. The molecule has 0 unspecified atom stereocenters. The SMILES string of the molecule is CCOC(=O)c1cc(Cl)cnc1C1CCN(C(=O)c2cccnc2OCC)CC1. The molecule has 8 heteroatoms. The second-order valence-electron chi connectivity index (χ2n) is 6.66. The molecule has 0 spiro atoms. The number of amides is 1. The van der Waals surface area contributed by atoms with E-state index in [9.17, 15) is 9.59 Å². The number of pyridine rings is 2. The summed E-state index contributed by atoms with van der Waals surface area (Å²) >= 11 is 6.03. The second-order valence-corrected chi connectivity index (χ2v) is 7.10. The van der Waals surface area contributed by atoms with Crippen LogP contribution in [0.2, 0.25) is 5.02 Å². The summed E-state index contributed by atoms with van der Waals surface area (Å²) in [6.45, 7) is 5.44. The number of aromatic nitrogens is 2. The van der Waals surface area contributed by atoms with Gasteiger partial charge in [-0.3, -0.25) is 9.78 Å². The van der Waals surface area contributed by atoms with Crippen molar-refractivity contribution < 1.29 is 19.1 Å². The maximum Gasteiger partial charge on any atom is 0.340 e. The molecule has 1 amide bonds. The van der Waals surface area contributed by atoms with Crippen molar-refractivity contribution in [2.45, 2.75) is 32.6 Å². The van der Waals surface area contributed by atoms with Gasteiger partial charge in [-0.25, -0.2) is 9.78 Å². The molecule has 0 radical (unpaired) electrons. The Morgan fingerprint density at radius 2 is 1.93 bits per heavy atom. The number of rotatable bonds is 6. The summed E-state index contributed by atoms with van der Waals surface area (Å²) < 4.78 is 10.6. The zero-order chi connectivity index (χ0) is 20.8. The fourth-order valence-electron chi connectivity index (χ4n) is 3.48. The maximum absolute atomic E-state index is 12.9. The van der Waals surface area contributed by atoms with Gasteiger partial charge < -0.3 is 14.4 Å². The van der Waals surface area contributed by atoms with Gasteiger partial charge in [0.25, 0.3) is 5.91 Å². The third-order valence-corrected chi connectivity index (χ3v) is 5.04. The van der Waals surface area contributed by atoms with Gasteiger partial charge in [0.05, 0.1) is 29.5 Å².